The molecule has 1 amide bonds. The molecule has 1 aromatic carbocycles. The molecule has 0 saturated heterocycles. The number of hydrogen-bond donors (Lipinski definition) is 2. The molecule has 0 unspecified atom stereocenters. The number of rotatable bonds is 5. The second-order valence-corrected chi connectivity index (χ2v) is 5.73. The molecule has 1 aromatic rings. The third-order valence-electron chi connectivity index (χ3n) is 2.67. The average Bonchev–Trinajstić information content (AvgIpc) is 2.43. The average molecular weight is 309 g/mol. The van der Waals surface area contributed by atoms with Gasteiger partial charge in [-0.2, -0.15) is 0 Å². The summed E-state index contributed by atoms with van der Waals surface area (Å²) in [6.45, 7) is 6.97. The minimum Gasteiger partial charge on any atom is -0.464 e. The number of benzene rings is 1. The Morgan fingerprint density at radius 1 is 1.23 bits per heavy atom. The van der Waals surface area contributed by atoms with Gasteiger partial charge in [-0.15, -0.1) is 0 Å². The normalized spacial score (nSPS) is 13.9. The lowest BCUT2D eigenvalue weighted by Crippen LogP contribution is -2.43. The number of carbonyl (C=O) groups is 2. The largest absolute Gasteiger partial charge is 0.464 e. The summed E-state index contributed by atoms with van der Waals surface area (Å²) in [5.41, 5.74) is -0.103. The summed E-state index contributed by atoms with van der Waals surface area (Å²) in [6.07, 6.45) is -2.24. The highest BCUT2D eigenvalue weighted by molar-refractivity contribution is 5.77. The van der Waals surface area contributed by atoms with Gasteiger partial charge in [0, 0.05) is 0 Å². The molecule has 2 N–H and O–H groups in total. The van der Waals surface area contributed by atoms with Gasteiger partial charge in [0.1, 0.15) is 5.60 Å². The molecule has 6 heteroatoms. The minimum absolute atomic E-state index is 0.143. The molecule has 2 atom stereocenters. The Hall–Kier alpha value is -2.08. The molecule has 0 heterocycles. The van der Waals surface area contributed by atoms with Crippen LogP contribution < -0.4 is 5.32 Å². The third-order valence-corrected chi connectivity index (χ3v) is 2.67. The van der Waals surface area contributed by atoms with Crippen LogP contribution in [0.1, 0.15) is 39.3 Å². The molecule has 0 aromatic heterocycles. The zero-order valence-electron chi connectivity index (χ0n) is 13.3. The maximum Gasteiger partial charge on any atom is 0.408 e. The molecule has 1 rings (SSSR count). The van der Waals surface area contributed by atoms with Crippen LogP contribution in [-0.4, -0.2) is 35.5 Å². The fourth-order valence-corrected chi connectivity index (χ4v) is 1.80. The van der Waals surface area contributed by atoms with E-state index in [0.717, 1.165) is 0 Å². The Labute approximate surface area is 130 Å². The smallest absolute Gasteiger partial charge is 0.408 e. The van der Waals surface area contributed by atoms with Crippen molar-refractivity contribution in [2.45, 2.75) is 45.4 Å². The van der Waals surface area contributed by atoms with Crippen molar-refractivity contribution in [2.24, 2.45) is 0 Å². The van der Waals surface area contributed by atoms with Gasteiger partial charge in [0.05, 0.1) is 12.6 Å². The zero-order valence-corrected chi connectivity index (χ0v) is 13.3. The number of alkyl carbamates (subject to hydrolysis) is 1. The number of nitrogens with one attached hydrogen (secondary N) is 1. The first-order valence-electron chi connectivity index (χ1n) is 7.13. The number of amides is 1. The minimum atomic E-state index is -1.52. The quantitative estimate of drug-likeness (QED) is 0.814. The molecule has 0 spiro atoms. The Morgan fingerprint density at radius 3 is 2.32 bits per heavy atom. The van der Waals surface area contributed by atoms with E-state index in [0.29, 0.717) is 5.56 Å². The van der Waals surface area contributed by atoms with Gasteiger partial charge in [-0.05, 0) is 33.3 Å². The fraction of sp³-hybridized carbons (Fsp3) is 0.500. The molecule has 0 aliphatic heterocycles. The van der Waals surface area contributed by atoms with E-state index in [2.05, 4.69) is 5.32 Å². The number of aliphatic hydroxyl groups is 1. The third kappa shape index (κ3) is 5.73. The molecular formula is C16H23NO5. The maximum absolute atomic E-state index is 11.9. The summed E-state index contributed by atoms with van der Waals surface area (Å²) in [6, 6.07) is 7.74. The summed E-state index contributed by atoms with van der Waals surface area (Å²) < 4.78 is 9.97. The number of hydrogen-bond acceptors (Lipinski definition) is 5. The Morgan fingerprint density at radius 2 is 1.82 bits per heavy atom. The summed E-state index contributed by atoms with van der Waals surface area (Å²) in [4.78, 5) is 23.7. The summed E-state index contributed by atoms with van der Waals surface area (Å²) in [5.74, 6) is -0.799. The molecule has 22 heavy (non-hydrogen) atoms. The molecule has 0 saturated carbocycles. The van der Waals surface area contributed by atoms with Crippen LogP contribution in [0.15, 0.2) is 30.3 Å². The van der Waals surface area contributed by atoms with Crippen LogP contribution in [0.25, 0.3) is 0 Å². The van der Waals surface area contributed by atoms with Gasteiger partial charge in [0.25, 0.3) is 0 Å². The highest BCUT2D eigenvalue weighted by Gasteiger charge is 2.31. The Kier molecular flexibility index (Phi) is 6.37. The highest BCUT2D eigenvalue weighted by Crippen LogP contribution is 2.19. The number of esters is 1. The van der Waals surface area contributed by atoms with Crippen molar-refractivity contribution in [1.82, 2.24) is 5.32 Å². The first-order valence-corrected chi connectivity index (χ1v) is 7.13. The van der Waals surface area contributed by atoms with Crippen LogP contribution in [0.4, 0.5) is 4.79 Å². The Balaban J connectivity index is 2.93. The van der Waals surface area contributed by atoms with E-state index < -0.39 is 29.8 Å². The first-order chi connectivity index (χ1) is 10.2. The second-order valence-electron chi connectivity index (χ2n) is 5.73. The molecule has 0 aliphatic carbocycles. The van der Waals surface area contributed by atoms with E-state index in [1.807, 2.05) is 0 Å². The van der Waals surface area contributed by atoms with Crippen LogP contribution in [0.5, 0.6) is 0 Å². The van der Waals surface area contributed by atoms with E-state index in [4.69, 9.17) is 9.47 Å². The molecule has 0 fully saturated rings. The lowest BCUT2D eigenvalue weighted by molar-refractivity contribution is -0.154. The van der Waals surface area contributed by atoms with Crippen LogP contribution >= 0.6 is 0 Å². The predicted molar refractivity (Wildman–Crippen MR) is 81.2 cm³/mol. The van der Waals surface area contributed by atoms with Gasteiger partial charge in [-0.25, -0.2) is 9.59 Å². The van der Waals surface area contributed by atoms with E-state index in [-0.39, 0.29) is 6.61 Å². The van der Waals surface area contributed by atoms with Crippen molar-refractivity contribution in [1.29, 1.82) is 0 Å². The molecular weight excluding hydrogens is 286 g/mol. The van der Waals surface area contributed by atoms with Gasteiger partial charge in [-0.1, -0.05) is 30.3 Å². The summed E-state index contributed by atoms with van der Waals surface area (Å²) in [5, 5.41) is 12.7. The van der Waals surface area contributed by atoms with Gasteiger partial charge in [0.2, 0.25) is 0 Å². The van der Waals surface area contributed by atoms with Crippen molar-refractivity contribution in [3.63, 3.8) is 0 Å². The van der Waals surface area contributed by atoms with Gasteiger partial charge in [-0.3, -0.25) is 0 Å². The maximum atomic E-state index is 11.9. The number of aliphatic hydroxyl groups excluding tert-OH is 1. The molecule has 0 radical (unpaired) electrons. The summed E-state index contributed by atoms with van der Waals surface area (Å²) in [7, 11) is 0. The van der Waals surface area contributed by atoms with Crippen molar-refractivity contribution in [2.75, 3.05) is 6.61 Å². The number of carbonyl (C=O) groups excluding carboxylic acids is 2. The van der Waals surface area contributed by atoms with Crippen molar-refractivity contribution >= 4 is 12.1 Å². The lowest BCUT2D eigenvalue weighted by Gasteiger charge is -2.26. The van der Waals surface area contributed by atoms with E-state index >= 15 is 0 Å². The number of ether oxygens (including phenoxy) is 2. The van der Waals surface area contributed by atoms with Gasteiger partial charge >= 0.3 is 12.1 Å². The summed E-state index contributed by atoms with van der Waals surface area (Å²) >= 11 is 0. The standard InChI is InChI=1S/C16H23NO5/c1-5-21-14(19)13(18)12(11-9-7-6-8-10-11)17-15(20)22-16(2,3)4/h6-10,12-13,18H,5H2,1-4H3,(H,17,20)/t12-,13+/m1/s1. The highest BCUT2D eigenvalue weighted by atomic mass is 16.6. The van der Waals surface area contributed by atoms with Crippen LogP contribution in [0, 0.1) is 0 Å². The molecule has 0 bridgehead atoms. The Bertz CT molecular complexity index is 495. The second kappa shape index (κ2) is 7.79. The van der Waals surface area contributed by atoms with E-state index in [1.54, 1.807) is 58.0 Å². The van der Waals surface area contributed by atoms with E-state index in [9.17, 15) is 14.7 Å². The van der Waals surface area contributed by atoms with Crippen molar-refractivity contribution in [3.8, 4) is 0 Å². The van der Waals surface area contributed by atoms with Crippen LogP contribution in [0.2, 0.25) is 0 Å². The molecule has 122 valence electrons. The predicted octanol–water partition coefficient (Wildman–Crippen LogP) is 2.18. The van der Waals surface area contributed by atoms with Crippen molar-refractivity contribution < 1.29 is 24.2 Å². The monoisotopic (exact) mass is 309 g/mol. The van der Waals surface area contributed by atoms with Gasteiger partial charge in [0.15, 0.2) is 6.10 Å². The zero-order chi connectivity index (χ0) is 16.8. The molecule has 6 nitrogen and oxygen atoms in total. The van der Waals surface area contributed by atoms with Crippen LogP contribution in [0.3, 0.4) is 0 Å². The van der Waals surface area contributed by atoms with Gasteiger partial charge < -0.3 is 19.9 Å². The van der Waals surface area contributed by atoms with E-state index in [1.165, 1.54) is 0 Å². The lowest BCUT2D eigenvalue weighted by atomic mass is 10.0. The fourth-order valence-electron chi connectivity index (χ4n) is 1.80. The first kappa shape index (κ1) is 18.0. The molecule has 0 aliphatic rings. The topological polar surface area (TPSA) is 84.9 Å². The SMILES string of the molecule is CCOC(=O)[C@@H](O)[C@H](NC(=O)OC(C)(C)C)c1ccccc1. The van der Waals surface area contributed by atoms with Crippen LogP contribution in [-0.2, 0) is 14.3 Å². The van der Waals surface area contributed by atoms with Crippen molar-refractivity contribution in [3.05, 3.63) is 35.9 Å².